The molecule has 0 rings (SSSR count). The summed E-state index contributed by atoms with van der Waals surface area (Å²) in [5.74, 6) is 0. The van der Waals surface area contributed by atoms with Crippen LogP contribution in [-0.2, 0) is 13.9 Å². The molecule has 26 heavy (non-hydrogen) atoms. The van der Waals surface area contributed by atoms with Gasteiger partial charge in [0.15, 0.2) is 8.32 Å². The van der Waals surface area contributed by atoms with Gasteiger partial charge in [0.2, 0.25) is 0 Å². The fraction of sp³-hybridized carbons (Fsp3) is 0.895. The van der Waals surface area contributed by atoms with E-state index in [-0.39, 0.29) is 11.6 Å². The second-order valence-electron chi connectivity index (χ2n) is 10.1. The largest absolute Gasteiger partial charge is 0.443 e. The highest BCUT2D eigenvalue weighted by atomic mass is 28.4. The molecular weight excluding hydrogens is 350 g/mol. The van der Waals surface area contributed by atoms with Gasteiger partial charge in [0.25, 0.3) is 0 Å². The maximum Gasteiger partial charge on any atom is 0.419 e. The molecule has 0 fully saturated rings. The highest BCUT2D eigenvalue weighted by Gasteiger charge is 2.37. The van der Waals surface area contributed by atoms with Crippen LogP contribution in [0.2, 0.25) is 18.1 Å². The minimum atomic E-state index is -1.86. The SMILES string of the molecule is CC(C)(C)OC(=O)N(CCCO[Si](C)(C)C(C)(C)C)C(=O)OC(C)(C)C. The molecule has 0 saturated heterocycles. The molecule has 0 aliphatic rings. The van der Waals surface area contributed by atoms with Gasteiger partial charge in [-0.15, -0.1) is 0 Å². The molecule has 0 atom stereocenters. The van der Waals surface area contributed by atoms with Crippen molar-refractivity contribution in [1.29, 1.82) is 0 Å². The Morgan fingerprint density at radius 1 is 0.808 bits per heavy atom. The van der Waals surface area contributed by atoms with Gasteiger partial charge in [-0.25, -0.2) is 14.5 Å². The molecule has 2 amide bonds. The van der Waals surface area contributed by atoms with Crippen LogP contribution in [0.5, 0.6) is 0 Å². The first-order chi connectivity index (χ1) is 11.4. The molecule has 6 nitrogen and oxygen atoms in total. The lowest BCUT2D eigenvalue weighted by Gasteiger charge is -2.36. The Bertz CT molecular complexity index is 456. The molecule has 0 bridgehead atoms. The third kappa shape index (κ3) is 9.57. The molecule has 0 aromatic heterocycles. The van der Waals surface area contributed by atoms with E-state index in [0.717, 1.165) is 4.90 Å². The van der Waals surface area contributed by atoms with Crippen molar-refractivity contribution in [2.45, 2.75) is 98.1 Å². The Hall–Kier alpha value is -1.08. The van der Waals surface area contributed by atoms with Gasteiger partial charge in [-0.2, -0.15) is 0 Å². The zero-order chi connectivity index (χ0) is 21.0. The molecule has 0 aliphatic carbocycles. The zero-order valence-corrected chi connectivity index (χ0v) is 19.6. The Kier molecular flexibility index (Phi) is 8.37. The summed E-state index contributed by atoms with van der Waals surface area (Å²) in [4.78, 5) is 25.8. The molecule has 0 aromatic rings. The Morgan fingerprint density at radius 2 is 1.19 bits per heavy atom. The zero-order valence-electron chi connectivity index (χ0n) is 18.6. The van der Waals surface area contributed by atoms with E-state index in [4.69, 9.17) is 13.9 Å². The van der Waals surface area contributed by atoms with Crippen LogP contribution in [0.25, 0.3) is 0 Å². The van der Waals surface area contributed by atoms with Gasteiger partial charge in [0, 0.05) is 13.2 Å². The predicted molar refractivity (Wildman–Crippen MR) is 107 cm³/mol. The fourth-order valence-corrected chi connectivity index (χ4v) is 2.75. The molecule has 7 heteroatoms. The van der Waals surface area contributed by atoms with Crippen molar-refractivity contribution in [2.75, 3.05) is 13.2 Å². The minimum absolute atomic E-state index is 0.114. The number of rotatable bonds is 5. The van der Waals surface area contributed by atoms with Crippen LogP contribution < -0.4 is 0 Å². The number of carbonyl (C=O) groups is 2. The van der Waals surface area contributed by atoms with Gasteiger partial charge in [-0.3, -0.25) is 0 Å². The van der Waals surface area contributed by atoms with Crippen LogP contribution in [0.15, 0.2) is 0 Å². The molecular formula is C19H39NO5Si. The van der Waals surface area contributed by atoms with Crippen molar-refractivity contribution in [3.63, 3.8) is 0 Å². The lowest BCUT2D eigenvalue weighted by atomic mass is 10.2. The Balaban J connectivity index is 4.93. The van der Waals surface area contributed by atoms with Crippen molar-refractivity contribution >= 4 is 20.5 Å². The normalized spacial score (nSPS) is 13.3. The highest BCUT2D eigenvalue weighted by molar-refractivity contribution is 6.74. The first-order valence-electron chi connectivity index (χ1n) is 9.23. The van der Waals surface area contributed by atoms with E-state index in [0.29, 0.717) is 13.0 Å². The maximum absolute atomic E-state index is 12.4. The van der Waals surface area contributed by atoms with E-state index in [1.54, 1.807) is 41.5 Å². The first kappa shape index (κ1) is 24.9. The topological polar surface area (TPSA) is 65.1 Å². The van der Waals surface area contributed by atoms with Crippen molar-refractivity contribution in [1.82, 2.24) is 4.90 Å². The first-order valence-corrected chi connectivity index (χ1v) is 12.1. The predicted octanol–water partition coefficient (Wildman–Crippen LogP) is 5.57. The summed E-state index contributed by atoms with van der Waals surface area (Å²) in [5, 5.41) is 0.114. The highest BCUT2D eigenvalue weighted by Crippen LogP contribution is 2.36. The number of carbonyl (C=O) groups excluding carboxylic acids is 2. The van der Waals surface area contributed by atoms with Crippen LogP contribution >= 0.6 is 0 Å². The third-order valence-electron chi connectivity index (χ3n) is 4.02. The lowest BCUT2D eigenvalue weighted by Crippen LogP contribution is -2.45. The summed E-state index contributed by atoms with van der Waals surface area (Å²) < 4.78 is 16.8. The smallest absolute Gasteiger partial charge is 0.419 e. The van der Waals surface area contributed by atoms with E-state index in [2.05, 4.69) is 33.9 Å². The van der Waals surface area contributed by atoms with E-state index in [1.807, 2.05) is 0 Å². The van der Waals surface area contributed by atoms with E-state index >= 15 is 0 Å². The van der Waals surface area contributed by atoms with Crippen LogP contribution in [-0.4, -0.2) is 49.8 Å². The Morgan fingerprint density at radius 3 is 1.50 bits per heavy atom. The van der Waals surface area contributed by atoms with Gasteiger partial charge in [0.05, 0.1) is 0 Å². The summed E-state index contributed by atoms with van der Waals surface area (Å²) in [6, 6.07) is 0. The van der Waals surface area contributed by atoms with E-state index in [1.165, 1.54) is 0 Å². The van der Waals surface area contributed by atoms with Crippen LogP contribution in [0.3, 0.4) is 0 Å². The molecule has 0 spiro atoms. The molecule has 0 N–H and O–H groups in total. The monoisotopic (exact) mass is 389 g/mol. The Labute approximate surface area is 160 Å². The molecule has 154 valence electrons. The van der Waals surface area contributed by atoms with Crippen LogP contribution in [0.4, 0.5) is 9.59 Å². The second kappa shape index (κ2) is 8.74. The average Bonchev–Trinajstić information content (AvgIpc) is 2.32. The third-order valence-corrected chi connectivity index (χ3v) is 8.56. The standard InChI is InChI=1S/C19H39NO5Si/c1-17(2,3)24-15(21)20(16(22)25-18(4,5)6)13-12-14-23-26(10,11)19(7,8)9/h12-14H2,1-11H3. The number of amides is 2. The maximum atomic E-state index is 12.4. The molecule has 0 aromatic carbocycles. The number of nitrogens with zero attached hydrogens (tertiary/aromatic N) is 1. The number of hydrogen-bond donors (Lipinski definition) is 0. The van der Waals surface area contributed by atoms with Crippen molar-refractivity contribution in [3.05, 3.63) is 0 Å². The molecule has 0 saturated carbocycles. The molecule has 0 aliphatic heterocycles. The summed E-state index contributed by atoms with van der Waals surface area (Å²) in [6.45, 7) is 22.1. The van der Waals surface area contributed by atoms with Crippen LogP contribution in [0, 0.1) is 0 Å². The van der Waals surface area contributed by atoms with Crippen LogP contribution in [0.1, 0.15) is 68.7 Å². The molecule has 0 heterocycles. The second-order valence-corrected chi connectivity index (χ2v) is 14.9. The average molecular weight is 390 g/mol. The summed E-state index contributed by atoms with van der Waals surface area (Å²) in [5.41, 5.74) is -1.37. The summed E-state index contributed by atoms with van der Waals surface area (Å²) in [7, 11) is -1.86. The summed E-state index contributed by atoms with van der Waals surface area (Å²) >= 11 is 0. The quantitative estimate of drug-likeness (QED) is 0.454. The van der Waals surface area contributed by atoms with Crippen molar-refractivity contribution in [3.8, 4) is 0 Å². The van der Waals surface area contributed by atoms with E-state index in [9.17, 15) is 9.59 Å². The van der Waals surface area contributed by atoms with Gasteiger partial charge < -0.3 is 13.9 Å². The minimum Gasteiger partial charge on any atom is -0.443 e. The number of imide groups is 1. The van der Waals surface area contributed by atoms with Crippen molar-refractivity contribution < 1.29 is 23.5 Å². The molecule has 0 unspecified atom stereocenters. The van der Waals surface area contributed by atoms with Gasteiger partial charge >= 0.3 is 12.2 Å². The van der Waals surface area contributed by atoms with Gasteiger partial charge in [-0.05, 0) is 66.1 Å². The fourth-order valence-electron chi connectivity index (χ4n) is 1.66. The number of ether oxygens (including phenoxy) is 2. The van der Waals surface area contributed by atoms with Gasteiger partial charge in [-0.1, -0.05) is 20.8 Å². The van der Waals surface area contributed by atoms with Crippen molar-refractivity contribution in [2.24, 2.45) is 0 Å². The summed E-state index contributed by atoms with van der Waals surface area (Å²) in [6.07, 6.45) is -0.858. The van der Waals surface area contributed by atoms with Gasteiger partial charge in [0.1, 0.15) is 11.2 Å². The lowest BCUT2D eigenvalue weighted by molar-refractivity contribution is 0.000743. The number of hydrogen-bond acceptors (Lipinski definition) is 5. The van der Waals surface area contributed by atoms with E-state index < -0.39 is 31.7 Å². The molecule has 0 radical (unpaired) electrons.